The summed E-state index contributed by atoms with van der Waals surface area (Å²) in [5.74, 6) is 0.523. The first-order valence-electron chi connectivity index (χ1n) is 10.7. The normalized spacial score (nSPS) is 25.4. The molecule has 2 saturated heterocycles. The second-order valence-electron chi connectivity index (χ2n) is 8.10. The number of ether oxygens (including phenoxy) is 1. The largest absolute Gasteiger partial charge is 0.464 e. The average molecular weight is 446 g/mol. The Balaban J connectivity index is 1.54. The van der Waals surface area contributed by atoms with Gasteiger partial charge in [-0.3, -0.25) is 19.3 Å². The van der Waals surface area contributed by atoms with Crippen LogP contribution in [0.15, 0.2) is 24.3 Å². The van der Waals surface area contributed by atoms with Crippen molar-refractivity contribution in [3.63, 3.8) is 0 Å². The molecule has 2 fully saturated rings. The quantitative estimate of drug-likeness (QED) is 0.644. The Morgan fingerprint density at radius 1 is 1.26 bits per heavy atom. The number of nitrogens with zero attached hydrogens (tertiary/aromatic N) is 3. The average Bonchev–Trinajstić information content (AvgIpc) is 3.08. The molecule has 0 aromatic heterocycles. The fraction of sp³-hybridized carbons (Fsp3) is 0.545. The van der Waals surface area contributed by atoms with Gasteiger partial charge in [0, 0.05) is 37.4 Å². The lowest BCUT2D eigenvalue weighted by Crippen LogP contribution is -2.62. The maximum atomic E-state index is 13.3. The van der Waals surface area contributed by atoms with Crippen molar-refractivity contribution in [1.82, 2.24) is 9.80 Å². The van der Waals surface area contributed by atoms with Crippen molar-refractivity contribution in [2.75, 3.05) is 36.1 Å². The van der Waals surface area contributed by atoms with Gasteiger partial charge in [0.25, 0.3) is 5.91 Å². The van der Waals surface area contributed by atoms with Gasteiger partial charge in [-0.25, -0.2) is 4.79 Å². The molecule has 0 aliphatic carbocycles. The topological polar surface area (TPSA) is 87.2 Å². The second kappa shape index (κ2) is 8.53. The Hall–Kier alpha value is -2.55. The third-order valence-corrected chi connectivity index (χ3v) is 7.33. The highest BCUT2D eigenvalue weighted by Gasteiger charge is 2.53. The molecule has 2 atom stereocenters. The predicted octanol–water partition coefficient (Wildman–Crippen LogP) is 1.88. The molecular weight excluding hydrogens is 418 g/mol. The molecule has 8 nitrogen and oxygen atoms in total. The summed E-state index contributed by atoms with van der Waals surface area (Å²) in [6.45, 7) is 4.56. The van der Waals surface area contributed by atoms with Crippen LogP contribution in [0.4, 0.5) is 5.69 Å². The number of anilines is 1. The molecule has 0 N–H and O–H groups in total. The first kappa shape index (κ1) is 21.7. The van der Waals surface area contributed by atoms with E-state index in [1.165, 1.54) is 0 Å². The van der Waals surface area contributed by atoms with Crippen molar-refractivity contribution in [1.29, 1.82) is 0 Å². The van der Waals surface area contributed by atoms with Crippen molar-refractivity contribution in [3.8, 4) is 0 Å². The van der Waals surface area contributed by atoms with Crippen LogP contribution in [0, 0.1) is 0 Å². The van der Waals surface area contributed by atoms with E-state index in [4.69, 9.17) is 4.74 Å². The van der Waals surface area contributed by atoms with Crippen LogP contribution in [0.3, 0.4) is 0 Å². The number of rotatable bonds is 5. The number of thioether (sulfide) groups is 1. The number of carbonyl (C=O) groups is 4. The third-order valence-electron chi connectivity index (χ3n) is 6.30. The van der Waals surface area contributed by atoms with E-state index < -0.39 is 11.7 Å². The van der Waals surface area contributed by atoms with E-state index in [1.54, 1.807) is 51.6 Å². The monoisotopic (exact) mass is 445 g/mol. The molecule has 0 radical (unpaired) electrons. The number of para-hydroxylation sites is 1. The molecule has 0 unspecified atom stereocenters. The molecule has 0 spiro atoms. The summed E-state index contributed by atoms with van der Waals surface area (Å²) in [5, 5.41) is 0. The molecule has 9 heteroatoms. The zero-order valence-corrected chi connectivity index (χ0v) is 18.7. The lowest BCUT2D eigenvalue weighted by atomic mass is 9.98. The van der Waals surface area contributed by atoms with E-state index in [9.17, 15) is 19.2 Å². The van der Waals surface area contributed by atoms with Gasteiger partial charge in [0.2, 0.25) is 11.8 Å². The highest BCUT2D eigenvalue weighted by atomic mass is 32.2. The summed E-state index contributed by atoms with van der Waals surface area (Å²) in [7, 11) is 0. The minimum Gasteiger partial charge on any atom is -0.464 e. The summed E-state index contributed by atoms with van der Waals surface area (Å²) in [6, 6.07) is 6.52. The van der Waals surface area contributed by atoms with E-state index in [1.807, 2.05) is 13.0 Å². The Morgan fingerprint density at radius 3 is 2.81 bits per heavy atom. The minimum atomic E-state index is -0.791. The molecule has 3 aliphatic rings. The smallest absolute Gasteiger partial charge is 0.329 e. The van der Waals surface area contributed by atoms with Gasteiger partial charge in [0.05, 0.1) is 17.9 Å². The van der Waals surface area contributed by atoms with E-state index in [-0.39, 0.29) is 43.3 Å². The standard InChI is InChI=1S/C22H27N3O5S/c1-3-30-21(29)17-14-31-13-12-23(17)18(26)9-11-24-20(28)15-6-4-5-7-16(15)25-19(27)8-10-22(24,25)2/h4-7,17H,3,8-14H2,1-2H3/t17-,22-/m0/s1. The van der Waals surface area contributed by atoms with Crippen LogP contribution >= 0.6 is 11.8 Å². The van der Waals surface area contributed by atoms with Crippen LogP contribution in [0.5, 0.6) is 0 Å². The van der Waals surface area contributed by atoms with Gasteiger partial charge in [-0.2, -0.15) is 11.8 Å². The fourth-order valence-electron chi connectivity index (χ4n) is 4.73. The van der Waals surface area contributed by atoms with Crippen LogP contribution in [-0.2, 0) is 19.1 Å². The van der Waals surface area contributed by atoms with Crippen molar-refractivity contribution in [2.24, 2.45) is 0 Å². The molecule has 0 saturated carbocycles. The van der Waals surface area contributed by atoms with E-state index in [2.05, 4.69) is 0 Å². The Morgan fingerprint density at radius 2 is 2.03 bits per heavy atom. The molecule has 1 aromatic carbocycles. The number of carbonyl (C=O) groups excluding carboxylic acids is 4. The molecule has 3 amide bonds. The second-order valence-corrected chi connectivity index (χ2v) is 9.25. The molecule has 31 heavy (non-hydrogen) atoms. The van der Waals surface area contributed by atoms with Gasteiger partial charge in [0.15, 0.2) is 0 Å². The van der Waals surface area contributed by atoms with E-state index in [0.29, 0.717) is 36.4 Å². The molecule has 0 bridgehead atoms. The highest BCUT2D eigenvalue weighted by molar-refractivity contribution is 7.99. The Bertz CT molecular complexity index is 922. The first-order valence-corrected chi connectivity index (χ1v) is 11.8. The number of fused-ring (bicyclic) bond motifs is 3. The SMILES string of the molecule is CCOC(=O)[C@@H]1CSCCN1C(=O)CCN1C(=O)c2ccccc2N2C(=O)CC[C@@]12C. The maximum absolute atomic E-state index is 13.3. The van der Waals surface area contributed by atoms with Crippen LogP contribution in [0.2, 0.25) is 0 Å². The zero-order valence-electron chi connectivity index (χ0n) is 17.8. The summed E-state index contributed by atoms with van der Waals surface area (Å²) in [4.78, 5) is 56.3. The lowest BCUT2D eigenvalue weighted by molar-refractivity contribution is -0.154. The van der Waals surface area contributed by atoms with Crippen molar-refractivity contribution >= 4 is 41.1 Å². The number of amides is 3. The number of hydrogen-bond acceptors (Lipinski definition) is 6. The van der Waals surface area contributed by atoms with Gasteiger partial charge in [-0.05, 0) is 32.4 Å². The van der Waals surface area contributed by atoms with Crippen LogP contribution in [-0.4, -0.2) is 76.4 Å². The molecule has 4 rings (SSSR count). The Kier molecular flexibility index (Phi) is 5.96. The molecule has 1 aromatic rings. The fourth-order valence-corrected chi connectivity index (χ4v) is 5.76. The van der Waals surface area contributed by atoms with Gasteiger partial charge in [-0.1, -0.05) is 12.1 Å². The third kappa shape index (κ3) is 3.69. The summed E-state index contributed by atoms with van der Waals surface area (Å²) < 4.78 is 5.14. The zero-order chi connectivity index (χ0) is 22.2. The molecule has 3 aliphatic heterocycles. The van der Waals surface area contributed by atoms with Crippen LogP contribution < -0.4 is 4.90 Å². The van der Waals surface area contributed by atoms with Gasteiger partial charge in [-0.15, -0.1) is 0 Å². The predicted molar refractivity (Wildman–Crippen MR) is 117 cm³/mol. The van der Waals surface area contributed by atoms with Crippen molar-refractivity contribution in [3.05, 3.63) is 29.8 Å². The first-order chi connectivity index (χ1) is 14.9. The molecular formula is C22H27N3O5S. The lowest BCUT2D eigenvalue weighted by Gasteiger charge is -2.48. The number of benzene rings is 1. The number of hydrogen-bond donors (Lipinski definition) is 0. The minimum absolute atomic E-state index is 0.0193. The van der Waals surface area contributed by atoms with Crippen LogP contribution in [0.1, 0.15) is 43.5 Å². The maximum Gasteiger partial charge on any atom is 0.329 e. The van der Waals surface area contributed by atoms with Gasteiger partial charge in [0.1, 0.15) is 11.7 Å². The number of esters is 1. The van der Waals surface area contributed by atoms with E-state index in [0.717, 1.165) is 5.75 Å². The van der Waals surface area contributed by atoms with Crippen LogP contribution in [0.25, 0.3) is 0 Å². The van der Waals surface area contributed by atoms with Crippen molar-refractivity contribution in [2.45, 2.75) is 44.8 Å². The molecule has 3 heterocycles. The van der Waals surface area contributed by atoms with Crippen molar-refractivity contribution < 1.29 is 23.9 Å². The summed E-state index contributed by atoms with van der Waals surface area (Å²) in [6.07, 6.45) is 0.967. The summed E-state index contributed by atoms with van der Waals surface area (Å²) in [5.41, 5.74) is 0.318. The summed E-state index contributed by atoms with van der Waals surface area (Å²) >= 11 is 1.63. The highest BCUT2D eigenvalue weighted by Crippen LogP contribution is 2.44. The van der Waals surface area contributed by atoms with Gasteiger partial charge >= 0.3 is 5.97 Å². The van der Waals surface area contributed by atoms with Gasteiger partial charge < -0.3 is 14.5 Å². The Labute approximate surface area is 185 Å². The van der Waals surface area contributed by atoms with E-state index >= 15 is 0 Å². The molecule has 166 valence electrons.